The summed E-state index contributed by atoms with van der Waals surface area (Å²) in [4.78, 5) is 0.121. The van der Waals surface area contributed by atoms with Crippen LogP contribution in [-0.2, 0) is 21.3 Å². The number of rotatable bonds is 5. The molecular formula is C14H19ClN2O3S. The summed E-state index contributed by atoms with van der Waals surface area (Å²) in [7, 11) is -1.98. The largest absolute Gasteiger partial charge is 0.380 e. The van der Waals surface area contributed by atoms with E-state index in [-0.39, 0.29) is 16.5 Å². The number of ether oxygens (including phenoxy) is 1. The second-order valence-corrected chi connectivity index (χ2v) is 7.19. The van der Waals surface area contributed by atoms with E-state index in [1.165, 1.54) is 4.31 Å². The fraction of sp³-hybridized carbons (Fsp3) is 0.429. The molecule has 0 unspecified atom stereocenters. The molecule has 0 aromatic heterocycles. The van der Waals surface area contributed by atoms with Crippen molar-refractivity contribution in [1.29, 1.82) is 0 Å². The van der Waals surface area contributed by atoms with Gasteiger partial charge in [0.25, 0.3) is 0 Å². The highest BCUT2D eigenvalue weighted by Gasteiger charge is 2.28. The zero-order chi connectivity index (χ0) is 15.5. The summed E-state index contributed by atoms with van der Waals surface area (Å²) in [6.07, 6.45) is 2.56. The van der Waals surface area contributed by atoms with Crippen LogP contribution >= 0.6 is 11.6 Å². The van der Waals surface area contributed by atoms with E-state index in [9.17, 15) is 8.42 Å². The number of sulfonamides is 1. The minimum atomic E-state index is -3.60. The van der Waals surface area contributed by atoms with Crippen LogP contribution in [-0.4, -0.2) is 39.5 Å². The number of methoxy groups -OCH3 is 1. The van der Waals surface area contributed by atoms with Crippen LogP contribution in [0.3, 0.4) is 0 Å². The van der Waals surface area contributed by atoms with Crippen molar-refractivity contribution in [3.05, 3.63) is 40.4 Å². The first-order chi connectivity index (χ1) is 9.98. The van der Waals surface area contributed by atoms with E-state index < -0.39 is 10.0 Å². The molecule has 2 rings (SSSR count). The normalized spacial score (nSPS) is 16.8. The highest BCUT2D eigenvalue weighted by molar-refractivity contribution is 7.89. The Bertz CT molecular complexity index is 644. The summed E-state index contributed by atoms with van der Waals surface area (Å²) in [6, 6.07) is 4.85. The first kappa shape index (κ1) is 16.5. The first-order valence-electron chi connectivity index (χ1n) is 6.64. The molecule has 1 aliphatic heterocycles. The highest BCUT2D eigenvalue weighted by Crippen LogP contribution is 2.27. The SMILES string of the molecule is COCC1=CCN(S(=O)(=O)c2cc(CN)ccc2Cl)CC1. The lowest BCUT2D eigenvalue weighted by molar-refractivity contribution is 0.219. The van der Waals surface area contributed by atoms with Crippen molar-refractivity contribution < 1.29 is 13.2 Å². The van der Waals surface area contributed by atoms with Gasteiger partial charge in [0, 0.05) is 26.7 Å². The molecule has 7 heteroatoms. The number of hydrogen-bond donors (Lipinski definition) is 1. The molecule has 1 aromatic carbocycles. The third-order valence-corrected chi connectivity index (χ3v) is 5.79. The molecule has 0 saturated carbocycles. The smallest absolute Gasteiger partial charge is 0.244 e. The molecule has 0 saturated heterocycles. The Morgan fingerprint density at radius 3 is 2.76 bits per heavy atom. The van der Waals surface area contributed by atoms with E-state index in [0.717, 1.165) is 11.1 Å². The minimum absolute atomic E-state index is 0.121. The van der Waals surface area contributed by atoms with Crippen molar-refractivity contribution in [1.82, 2.24) is 4.31 Å². The van der Waals surface area contributed by atoms with Crippen molar-refractivity contribution >= 4 is 21.6 Å². The number of nitrogens with two attached hydrogens (primary N) is 1. The fourth-order valence-corrected chi connectivity index (χ4v) is 4.14. The molecule has 116 valence electrons. The van der Waals surface area contributed by atoms with Gasteiger partial charge in [-0.1, -0.05) is 23.7 Å². The topological polar surface area (TPSA) is 72.6 Å². The van der Waals surface area contributed by atoms with Crippen LogP contribution in [0.15, 0.2) is 34.7 Å². The Morgan fingerprint density at radius 2 is 2.19 bits per heavy atom. The van der Waals surface area contributed by atoms with Crippen LogP contribution < -0.4 is 5.73 Å². The van der Waals surface area contributed by atoms with Crippen molar-refractivity contribution in [2.24, 2.45) is 5.73 Å². The Balaban J connectivity index is 2.27. The van der Waals surface area contributed by atoms with Gasteiger partial charge < -0.3 is 10.5 Å². The minimum Gasteiger partial charge on any atom is -0.380 e. The summed E-state index contributed by atoms with van der Waals surface area (Å²) < 4.78 is 31.9. The van der Waals surface area contributed by atoms with E-state index in [1.54, 1.807) is 25.3 Å². The molecule has 1 aliphatic rings. The Hall–Kier alpha value is -0.920. The molecule has 0 atom stereocenters. The van der Waals surface area contributed by atoms with Gasteiger partial charge in [-0.15, -0.1) is 0 Å². The maximum absolute atomic E-state index is 12.7. The Labute approximate surface area is 130 Å². The third kappa shape index (κ3) is 3.64. The number of halogens is 1. The van der Waals surface area contributed by atoms with Gasteiger partial charge in [0.2, 0.25) is 10.0 Å². The Morgan fingerprint density at radius 1 is 1.43 bits per heavy atom. The van der Waals surface area contributed by atoms with Gasteiger partial charge >= 0.3 is 0 Å². The van der Waals surface area contributed by atoms with Gasteiger partial charge in [0.15, 0.2) is 0 Å². The summed E-state index contributed by atoms with van der Waals surface area (Å²) in [6.45, 7) is 1.58. The average Bonchev–Trinajstić information content (AvgIpc) is 2.48. The lowest BCUT2D eigenvalue weighted by atomic mass is 10.1. The highest BCUT2D eigenvalue weighted by atomic mass is 35.5. The third-order valence-electron chi connectivity index (χ3n) is 3.44. The average molecular weight is 331 g/mol. The van der Waals surface area contributed by atoms with Crippen LogP contribution in [0.5, 0.6) is 0 Å². The molecule has 5 nitrogen and oxygen atoms in total. The number of hydrogen-bond acceptors (Lipinski definition) is 4. The molecule has 0 amide bonds. The van der Waals surface area contributed by atoms with E-state index in [1.807, 2.05) is 6.08 Å². The first-order valence-corrected chi connectivity index (χ1v) is 8.46. The van der Waals surface area contributed by atoms with Gasteiger partial charge in [0.1, 0.15) is 4.90 Å². The second kappa shape index (κ2) is 6.89. The fourth-order valence-electron chi connectivity index (χ4n) is 2.24. The molecule has 2 N–H and O–H groups in total. The predicted octanol–water partition coefficient (Wildman–Crippen LogP) is 1.77. The maximum atomic E-state index is 12.7. The van der Waals surface area contributed by atoms with Gasteiger partial charge in [-0.25, -0.2) is 8.42 Å². The number of benzene rings is 1. The zero-order valence-corrected chi connectivity index (χ0v) is 13.5. The van der Waals surface area contributed by atoms with Crippen molar-refractivity contribution in [2.45, 2.75) is 17.9 Å². The van der Waals surface area contributed by atoms with Gasteiger partial charge in [0.05, 0.1) is 11.6 Å². The molecule has 0 spiro atoms. The van der Waals surface area contributed by atoms with Crippen molar-refractivity contribution in [2.75, 3.05) is 26.8 Å². The second-order valence-electron chi connectivity index (χ2n) is 4.88. The van der Waals surface area contributed by atoms with E-state index >= 15 is 0 Å². The van der Waals surface area contributed by atoms with E-state index in [4.69, 9.17) is 22.1 Å². The maximum Gasteiger partial charge on any atom is 0.244 e. The predicted molar refractivity (Wildman–Crippen MR) is 82.7 cm³/mol. The monoisotopic (exact) mass is 330 g/mol. The van der Waals surface area contributed by atoms with Crippen LogP contribution in [0.25, 0.3) is 0 Å². The lowest BCUT2D eigenvalue weighted by Crippen LogP contribution is -2.35. The van der Waals surface area contributed by atoms with E-state index in [0.29, 0.717) is 26.1 Å². The molecule has 0 radical (unpaired) electrons. The van der Waals surface area contributed by atoms with Gasteiger partial charge in [-0.2, -0.15) is 4.31 Å². The Kier molecular flexibility index (Phi) is 5.40. The van der Waals surface area contributed by atoms with Gasteiger partial charge in [-0.05, 0) is 29.7 Å². The van der Waals surface area contributed by atoms with Crippen LogP contribution in [0.1, 0.15) is 12.0 Å². The van der Waals surface area contributed by atoms with E-state index in [2.05, 4.69) is 0 Å². The molecule has 1 aromatic rings. The van der Waals surface area contributed by atoms with Gasteiger partial charge in [-0.3, -0.25) is 0 Å². The quantitative estimate of drug-likeness (QED) is 0.835. The molecular weight excluding hydrogens is 312 g/mol. The standard InChI is InChI=1S/C14H19ClN2O3S/c1-20-10-11-4-6-17(7-5-11)21(18,19)14-8-12(9-16)2-3-13(14)15/h2-4,8H,5-7,9-10,16H2,1H3. The lowest BCUT2D eigenvalue weighted by Gasteiger charge is -2.26. The summed E-state index contributed by atoms with van der Waals surface area (Å²) in [5.41, 5.74) is 7.42. The zero-order valence-electron chi connectivity index (χ0n) is 11.9. The molecule has 1 heterocycles. The summed E-state index contributed by atoms with van der Waals surface area (Å²) in [5.74, 6) is 0. The van der Waals surface area contributed by atoms with Crippen LogP contribution in [0.4, 0.5) is 0 Å². The van der Waals surface area contributed by atoms with Crippen LogP contribution in [0.2, 0.25) is 5.02 Å². The summed E-state index contributed by atoms with van der Waals surface area (Å²) >= 11 is 6.05. The van der Waals surface area contributed by atoms with Crippen LogP contribution in [0, 0.1) is 0 Å². The molecule has 0 bridgehead atoms. The molecule has 0 aliphatic carbocycles. The number of nitrogens with zero attached hydrogens (tertiary/aromatic N) is 1. The molecule has 0 fully saturated rings. The summed E-state index contributed by atoms with van der Waals surface area (Å²) in [5, 5.41) is 0.221. The molecule has 21 heavy (non-hydrogen) atoms. The van der Waals surface area contributed by atoms with Crippen molar-refractivity contribution in [3.63, 3.8) is 0 Å². The van der Waals surface area contributed by atoms with Crippen molar-refractivity contribution in [3.8, 4) is 0 Å².